The molecule has 1 N–H and O–H groups in total. The lowest BCUT2D eigenvalue weighted by atomic mass is 9.96. The molecule has 1 aromatic heterocycles. The summed E-state index contributed by atoms with van der Waals surface area (Å²) in [7, 11) is -2.10. The quantitative estimate of drug-likeness (QED) is 0.541. The monoisotopic (exact) mass is 488 g/mol. The van der Waals surface area contributed by atoms with Crippen LogP contribution >= 0.6 is 11.3 Å². The molecule has 0 spiro atoms. The first-order valence-electron chi connectivity index (χ1n) is 10.6. The van der Waals surface area contributed by atoms with Crippen LogP contribution in [0, 0.1) is 11.7 Å². The Bertz CT molecular complexity index is 1170. The maximum atomic E-state index is 13.4. The highest BCUT2D eigenvalue weighted by atomic mass is 32.2. The van der Waals surface area contributed by atoms with Crippen molar-refractivity contribution in [3.8, 4) is 5.75 Å². The van der Waals surface area contributed by atoms with Crippen LogP contribution in [-0.2, 0) is 14.8 Å². The largest absolute Gasteiger partial charge is 0.497 e. The third kappa shape index (κ3) is 5.26. The summed E-state index contributed by atoms with van der Waals surface area (Å²) in [6, 6.07) is 15.9. The summed E-state index contributed by atoms with van der Waals surface area (Å²) in [5.74, 6) is -0.166. The van der Waals surface area contributed by atoms with Crippen LogP contribution in [0.2, 0.25) is 0 Å². The Morgan fingerprint density at radius 1 is 1.09 bits per heavy atom. The van der Waals surface area contributed by atoms with Crippen LogP contribution in [0.15, 0.2) is 70.9 Å². The average molecular weight is 489 g/mol. The summed E-state index contributed by atoms with van der Waals surface area (Å²) < 4.78 is 45.8. The van der Waals surface area contributed by atoms with Crippen molar-refractivity contribution in [3.63, 3.8) is 0 Å². The third-order valence-corrected chi connectivity index (χ3v) is 8.69. The van der Waals surface area contributed by atoms with Crippen LogP contribution < -0.4 is 10.1 Å². The molecule has 0 bridgehead atoms. The smallest absolute Gasteiger partial charge is 0.243 e. The van der Waals surface area contributed by atoms with Crippen molar-refractivity contribution in [1.82, 2.24) is 9.62 Å². The first-order chi connectivity index (χ1) is 15.9. The number of piperidine rings is 1. The van der Waals surface area contributed by atoms with Gasteiger partial charge in [-0.25, -0.2) is 12.8 Å². The fourth-order valence-corrected chi connectivity index (χ4v) is 6.22. The summed E-state index contributed by atoms with van der Waals surface area (Å²) in [6.07, 6.45) is 0.865. The van der Waals surface area contributed by atoms with Gasteiger partial charge in [-0.15, -0.1) is 11.3 Å². The predicted molar refractivity (Wildman–Crippen MR) is 125 cm³/mol. The highest BCUT2D eigenvalue weighted by molar-refractivity contribution is 7.89. The van der Waals surface area contributed by atoms with E-state index in [9.17, 15) is 17.6 Å². The van der Waals surface area contributed by atoms with Crippen molar-refractivity contribution in [2.75, 3.05) is 20.2 Å². The van der Waals surface area contributed by atoms with E-state index in [0.717, 1.165) is 10.4 Å². The van der Waals surface area contributed by atoms with E-state index in [2.05, 4.69) is 5.32 Å². The van der Waals surface area contributed by atoms with Gasteiger partial charge < -0.3 is 10.1 Å². The molecule has 1 aliphatic rings. The third-order valence-electron chi connectivity index (χ3n) is 5.84. The van der Waals surface area contributed by atoms with Gasteiger partial charge in [0.05, 0.1) is 18.0 Å². The van der Waals surface area contributed by atoms with E-state index in [0.29, 0.717) is 18.6 Å². The van der Waals surface area contributed by atoms with Crippen LogP contribution in [-0.4, -0.2) is 38.8 Å². The van der Waals surface area contributed by atoms with E-state index >= 15 is 0 Å². The Hall–Kier alpha value is -2.75. The number of carbonyl (C=O) groups excluding carboxylic acids is 1. The van der Waals surface area contributed by atoms with Gasteiger partial charge >= 0.3 is 0 Å². The number of nitrogens with zero attached hydrogens (tertiary/aromatic N) is 1. The van der Waals surface area contributed by atoms with Crippen LogP contribution in [0.3, 0.4) is 0 Å². The Morgan fingerprint density at radius 2 is 1.76 bits per heavy atom. The van der Waals surface area contributed by atoms with Crippen molar-refractivity contribution < 1.29 is 22.3 Å². The second-order valence-corrected chi connectivity index (χ2v) is 10.8. The van der Waals surface area contributed by atoms with Gasteiger partial charge in [-0.1, -0.05) is 18.2 Å². The van der Waals surface area contributed by atoms with Crippen LogP contribution in [0.25, 0.3) is 0 Å². The van der Waals surface area contributed by atoms with Gasteiger partial charge in [-0.05, 0) is 66.2 Å². The number of methoxy groups -OCH3 is 1. The molecule has 0 aliphatic carbocycles. The molecule has 1 saturated heterocycles. The zero-order chi connectivity index (χ0) is 23.4. The zero-order valence-corrected chi connectivity index (χ0v) is 19.7. The van der Waals surface area contributed by atoms with E-state index in [1.807, 2.05) is 17.5 Å². The van der Waals surface area contributed by atoms with Gasteiger partial charge in [0.15, 0.2) is 0 Å². The van der Waals surface area contributed by atoms with E-state index in [1.54, 1.807) is 24.3 Å². The summed E-state index contributed by atoms with van der Waals surface area (Å²) in [5.41, 5.74) is 0.798. The second kappa shape index (κ2) is 10.0. The maximum absolute atomic E-state index is 13.4. The number of rotatable bonds is 7. The molecule has 1 amide bonds. The lowest BCUT2D eigenvalue weighted by Crippen LogP contribution is -2.43. The molecule has 1 fully saturated rings. The normalized spacial score (nSPS) is 16.3. The Morgan fingerprint density at radius 3 is 2.33 bits per heavy atom. The molecule has 33 heavy (non-hydrogen) atoms. The van der Waals surface area contributed by atoms with Crippen LogP contribution in [0.5, 0.6) is 5.75 Å². The number of sulfonamides is 1. The van der Waals surface area contributed by atoms with Gasteiger partial charge in [-0.2, -0.15) is 4.31 Å². The minimum atomic E-state index is -3.63. The molecule has 2 heterocycles. The molecular formula is C24H25FN2O4S2. The lowest BCUT2D eigenvalue weighted by Gasteiger charge is -2.31. The molecule has 1 atom stereocenters. The molecule has 0 radical (unpaired) electrons. The van der Waals surface area contributed by atoms with E-state index in [1.165, 1.54) is 47.0 Å². The highest BCUT2D eigenvalue weighted by Crippen LogP contribution is 2.29. The average Bonchev–Trinajstić information content (AvgIpc) is 3.38. The Kier molecular flexibility index (Phi) is 7.11. The van der Waals surface area contributed by atoms with Gasteiger partial charge in [0.25, 0.3) is 0 Å². The van der Waals surface area contributed by atoms with Crippen LogP contribution in [0.1, 0.15) is 29.3 Å². The van der Waals surface area contributed by atoms with Gasteiger partial charge in [0.2, 0.25) is 15.9 Å². The summed E-state index contributed by atoms with van der Waals surface area (Å²) in [5, 5.41) is 5.02. The molecule has 1 aliphatic heterocycles. The van der Waals surface area contributed by atoms with Crippen molar-refractivity contribution in [2.45, 2.75) is 23.8 Å². The SMILES string of the molecule is COc1ccc(S(=O)(=O)N2CCC(C(=O)N[C@@H](c3ccc(F)cc3)c3cccs3)CC2)cc1. The second-order valence-electron chi connectivity index (χ2n) is 7.86. The number of nitrogens with one attached hydrogen (secondary N) is 1. The van der Waals surface area contributed by atoms with E-state index in [4.69, 9.17) is 4.74 Å². The molecule has 9 heteroatoms. The molecule has 0 unspecified atom stereocenters. The van der Waals surface area contributed by atoms with Gasteiger partial charge in [0, 0.05) is 23.9 Å². The fraction of sp³-hybridized carbons (Fsp3) is 0.292. The highest BCUT2D eigenvalue weighted by Gasteiger charge is 2.33. The van der Waals surface area contributed by atoms with Crippen molar-refractivity contribution in [3.05, 3.63) is 82.3 Å². The number of amides is 1. The molecule has 4 rings (SSSR count). The minimum Gasteiger partial charge on any atom is -0.497 e. The number of hydrogen-bond acceptors (Lipinski definition) is 5. The molecule has 174 valence electrons. The van der Waals surface area contributed by atoms with E-state index in [-0.39, 0.29) is 41.7 Å². The molecule has 6 nitrogen and oxygen atoms in total. The first kappa shape index (κ1) is 23.4. The van der Waals surface area contributed by atoms with Crippen molar-refractivity contribution in [2.24, 2.45) is 5.92 Å². The van der Waals surface area contributed by atoms with Crippen molar-refractivity contribution >= 4 is 27.3 Å². The maximum Gasteiger partial charge on any atom is 0.243 e. The molecular weight excluding hydrogens is 463 g/mol. The van der Waals surface area contributed by atoms with Crippen LogP contribution in [0.4, 0.5) is 4.39 Å². The summed E-state index contributed by atoms with van der Waals surface area (Å²) >= 11 is 1.52. The Labute approximate surface area is 197 Å². The van der Waals surface area contributed by atoms with Gasteiger partial charge in [-0.3, -0.25) is 4.79 Å². The molecule has 0 saturated carbocycles. The lowest BCUT2D eigenvalue weighted by molar-refractivity contribution is -0.126. The number of benzene rings is 2. The number of carbonyl (C=O) groups is 1. The zero-order valence-electron chi connectivity index (χ0n) is 18.1. The number of halogens is 1. The predicted octanol–water partition coefficient (Wildman–Crippen LogP) is 4.20. The Balaban J connectivity index is 1.42. The fourth-order valence-electron chi connectivity index (χ4n) is 3.94. The molecule has 3 aromatic rings. The van der Waals surface area contributed by atoms with E-state index < -0.39 is 10.0 Å². The topological polar surface area (TPSA) is 75.7 Å². The number of ether oxygens (including phenoxy) is 1. The summed E-state index contributed by atoms with van der Waals surface area (Å²) in [6.45, 7) is 0.541. The number of hydrogen-bond donors (Lipinski definition) is 1. The standard InChI is InChI=1S/C24H25FN2O4S2/c1-31-20-8-10-21(11-9-20)33(29,30)27-14-12-18(13-15-27)24(28)26-23(22-3-2-16-32-22)17-4-6-19(25)7-5-17/h2-11,16,18,23H,12-15H2,1H3,(H,26,28)/t23-/m0/s1. The van der Waals surface area contributed by atoms with Gasteiger partial charge in [0.1, 0.15) is 11.6 Å². The van der Waals surface area contributed by atoms with Crippen molar-refractivity contribution in [1.29, 1.82) is 0 Å². The number of thiophene rings is 1. The minimum absolute atomic E-state index is 0.126. The summed E-state index contributed by atoms with van der Waals surface area (Å²) in [4.78, 5) is 14.2. The first-order valence-corrected chi connectivity index (χ1v) is 12.9. The molecule has 2 aromatic carbocycles.